The van der Waals surface area contributed by atoms with Gasteiger partial charge in [0, 0.05) is 30.6 Å². The number of rotatable bonds is 4. The SMILES string of the molecule is Cc1ccc2c(c1)OC(C)(C)C[C@@H]2NC(=O)c1ccc(S(=O)(=O)N2CCCC2)cc1. The first-order valence-corrected chi connectivity index (χ1v) is 11.8. The van der Waals surface area contributed by atoms with Crippen LogP contribution in [0.15, 0.2) is 47.4 Å². The Hall–Kier alpha value is -2.38. The molecule has 0 bridgehead atoms. The van der Waals surface area contributed by atoms with Gasteiger partial charge in [-0.1, -0.05) is 12.1 Å². The zero-order valence-electron chi connectivity index (χ0n) is 17.6. The molecule has 1 fully saturated rings. The molecule has 2 aromatic carbocycles. The van der Waals surface area contributed by atoms with Crippen molar-refractivity contribution >= 4 is 15.9 Å². The predicted octanol–water partition coefficient (Wildman–Crippen LogP) is 3.81. The second-order valence-corrected chi connectivity index (χ2v) is 10.7. The third-order valence-corrected chi connectivity index (χ3v) is 7.66. The van der Waals surface area contributed by atoms with Gasteiger partial charge in [0.15, 0.2) is 0 Å². The first kappa shape index (κ1) is 20.9. The van der Waals surface area contributed by atoms with E-state index in [0.717, 1.165) is 29.7 Å². The van der Waals surface area contributed by atoms with Gasteiger partial charge in [0.25, 0.3) is 5.91 Å². The van der Waals surface area contributed by atoms with Crippen molar-refractivity contribution in [3.8, 4) is 5.75 Å². The fourth-order valence-electron chi connectivity index (χ4n) is 4.18. The Kier molecular flexibility index (Phi) is 5.36. The summed E-state index contributed by atoms with van der Waals surface area (Å²) in [6.07, 6.45) is 2.43. The van der Waals surface area contributed by atoms with Gasteiger partial charge in [-0.3, -0.25) is 4.79 Å². The van der Waals surface area contributed by atoms with Gasteiger partial charge in [-0.05, 0) is 69.5 Å². The molecule has 0 radical (unpaired) electrons. The summed E-state index contributed by atoms with van der Waals surface area (Å²) in [7, 11) is -3.48. The normalized spacial score (nSPS) is 21.0. The van der Waals surface area contributed by atoms with Crippen molar-refractivity contribution in [2.75, 3.05) is 13.1 Å². The van der Waals surface area contributed by atoms with Crippen LogP contribution in [0.5, 0.6) is 5.75 Å². The molecule has 4 rings (SSSR count). The molecule has 1 atom stereocenters. The van der Waals surface area contributed by atoms with Crippen LogP contribution in [0.2, 0.25) is 0 Å². The number of carbonyl (C=O) groups excluding carboxylic acids is 1. The Morgan fingerprint density at radius 1 is 1.10 bits per heavy atom. The van der Waals surface area contributed by atoms with Crippen LogP contribution in [0.1, 0.15) is 60.6 Å². The minimum Gasteiger partial charge on any atom is -0.487 e. The molecule has 0 unspecified atom stereocenters. The summed E-state index contributed by atoms with van der Waals surface area (Å²) in [6, 6.07) is 12.0. The maximum atomic E-state index is 12.9. The number of aryl methyl sites for hydroxylation is 1. The fraction of sp³-hybridized carbons (Fsp3) is 0.435. The summed E-state index contributed by atoms with van der Waals surface area (Å²) < 4.78 is 33.0. The van der Waals surface area contributed by atoms with E-state index in [1.165, 1.54) is 16.4 Å². The molecule has 7 heteroatoms. The molecule has 0 spiro atoms. The van der Waals surface area contributed by atoms with Crippen molar-refractivity contribution < 1.29 is 17.9 Å². The lowest BCUT2D eigenvalue weighted by atomic mass is 9.89. The standard InChI is InChI=1S/C23H28N2O4S/c1-16-6-11-19-20(15-23(2,3)29-21(19)14-16)24-22(26)17-7-9-18(10-8-17)30(27,28)25-12-4-5-13-25/h6-11,14,20H,4-5,12-13,15H2,1-3H3,(H,24,26)/t20-/m0/s1. The summed E-state index contributed by atoms with van der Waals surface area (Å²) in [4.78, 5) is 13.1. The first-order valence-electron chi connectivity index (χ1n) is 10.4. The number of hydrogen-bond acceptors (Lipinski definition) is 4. The van der Waals surface area contributed by atoms with Crippen molar-refractivity contribution in [2.45, 2.75) is 56.6 Å². The highest BCUT2D eigenvalue weighted by molar-refractivity contribution is 7.89. The van der Waals surface area contributed by atoms with Crippen molar-refractivity contribution in [3.63, 3.8) is 0 Å². The van der Waals surface area contributed by atoms with Crippen molar-refractivity contribution in [1.29, 1.82) is 0 Å². The molecule has 1 N–H and O–H groups in total. The van der Waals surface area contributed by atoms with Gasteiger partial charge in [-0.25, -0.2) is 8.42 Å². The minimum atomic E-state index is -3.48. The lowest BCUT2D eigenvalue weighted by molar-refractivity contribution is 0.0619. The number of sulfonamides is 1. The Morgan fingerprint density at radius 2 is 1.77 bits per heavy atom. The van der Waals surface area contributed by atoms with Crippen LogP contribution in [0.3, 0.4) is 0 Å². The average Bonchev–Trinajstić information content (AvgIpc) is 3.22. The zero-order valence-corrected chi connectivity index (χ0v) is 18.5. The van der Waals surface area contributed by atoms with E-state index in [1.54, 1.807) is 12.1 Å². The number of carbonyl (C=O) groups is 1. The monoisotopic (exact) mass is 428 g/mol. The maximum absolute atomic E-state index is 12.9. The van der Waals surface area contributed by atoms with E-state index in [4.69, 9.17) is 4.74 Å². The van der Waals surface area contributed by atoms with E-state index >= 15 is 0 Å². The lowest BCUT2D eigenvalue weighted by Gasteiger charge is -2.38. The van der Waals surface area contributed by atoms with Crippen LogP contribution in [-0.2, 0) is 10.0 Å². The van der Waals surface area contributed by atoms with E-state index in [0.29, 0.717) is 25.1 Å². The topological polar surface area (TPSA) is 75.7 Å². The maximum Gasteiger partial charge on any atom is 0.251 e. The predicted molar refractivity (Wildman–Crippen MR) is 115 cm³/mol. The number of amides is 1. The molecule has 2 aliphatic rings. The van der Waals surface area contributed by atoms with Gasteiger partial charge in [0.1, 0.15) is 11.4 Å². The second kappa shape index (κ2) is 7.71. The molecule has 160 valence electrons. The van der Waals surface area contributed by atoms with Gasteiger partial charge >= 0.3 is 0 Å². The van der Waals surface area contributed by atoms with Gasteiger partial charge in [0.2, 0.25) is 10.0 Å². The third kappa shape index (κ3) is 4.09. The molecule has 0 aromatic heterocycles. The number of ether oxygens (including phenoxy) is 1. The smallest absolute Gasteiger partial charge is 0.251 e. The summed E-state index contributed by atoms with van der Waals surface area (Å²) in [5, 5.41) is 3.10. The van der Waals surface area contributed by atoms with Crippen molar-refractivity contribution in [3.05, 3.63) is 59.2 Å². The molecule has 30 heavy (non-hydrogen) atoms. The van der Waals surface area contributed by atoms with Crippen LogP contribution in [0.4, 0.5) is 0 Å². The quantitative estimate of drug-likeness (QED) is 0.803. The number of nitrogens with one attached hydrogen (secondary N) is 1. The Labute approximate surface area is 178 Å². The van der Waals surface area contributed by atoms with Gasteiger partial charge < -0.3 is 10.1 Å². The Balaban J connectivity index is 1.53. The van der Waals surface area contributed by atoms with Gasteiger partial charge in [0.05, 0.1) is 10.9 Å². The van der Waals surface area contributed by atoms with Crippen LogP contribution < -0.4 is 10.1 Å². The molecule has 0 aliphatic carbocycles. The lowest BCUT2D eigenvalue weighted by Crippen LogP contribution is -2.41. The molecule has 2 aliphatic heterocycles. The number of fused-ring (bicyclic) bond motifs is 1. The molecule has 6 nitrogen and oxygen atoms in total. The van der Waals surface area contributed by atoms with Crippen LogP contribution in [0.25, 0.3) is 0 Å². The van der Waals surface area contributed by atoms with Gasteiger partial charge in [-0.15, -0.1) is 0 Å². The van der Waals surface area contributed by atoms with Crippen molar-refractivity contribution in [2.24, 2.45) is 0 Å². The molecular formula is C23H28N2O4S. The van der Waals surface area contributed by atoms with Crippen LogP contribution in [0, 0.1) is 6.92 Å². The second-order valence-electron chi connectivity index (χ2n) is 8.77. The summed E-state index contributed by atoms with van der Waals surface area (Å²) >= 11 is 0. The van der Waals surface area contributed by atoms with Crippen molar-refractivity contribution in [1.82, 2.24) is 9.62 Å². The molecular weight excluding hydrogens is 400 g/mol. The average molecular weight is 429 g/mol. The van der Waals surface area contributed by atoms with E-state index < -0.39 is 15.6 Å². The van der Waals surface area contributed by atoms with E-state index in [1.807, 2.05) is 39.0 Å². The Morgan fingerprint density at radius 3 is 2.43 bits per heavy atom. The minimum absolute atomic E-state index is 0.176. The van der Waals surface area contributed by atoms with Gasteiger partial charge in [-0.2, -0.15) is 4.31 Å². The van der Waals surface area contributed by atoms with E-state index in [9.17, 15) is 13.2 Å². The highest BCUT2D eigenvalue weighted by Gasteiger charge is 2.35. The molecule has 1 saturated heterocycles. The fourth-order valence-corrected chi connectivity index (χ4v) is 5.70. The number of benzene rings is 2. The number of hydrogen-bond donors (Lipinski definition) is 1. The summed E-state index contributed by atoms with van der Waals surface area (Å²) in [5.74, 6) is 0.568. The van der Waals surface area contributed by atoms with Crippen LogP contribution in [-0.4, -0.2) is 37.3 Å². The molecule has 0 saturated carbocycles. The van der Waals surface area contributed by atoms with E-state index in [-0.39, 0.29) is 16.8 Å². The van der Waals surface area contributed by atoms with Crippen LogP contribution >= 0.6 is 0 Å². The first-order chi connectivity index (χ1) is 14.2. The third-order valence-electron chi connectivity index (χ3n) is 5.75. The highest BCUT2D eigenvalue weighted by Crippen LogP contribution is 2.40. The van der Waals surface area contributed by atoms with E-state index in [2.05, 4.69) is 5.32 Å². The zero-order chi connectivity index (χ0) is 21.5. The molecule has 2 heterocycles. The molecule has 1 amide bonds. The highest BCUT2D eigenvalue weighted by atomic mass is 32.2. The summed E-state index contributed by atoms with van der Waals surface area (Å²) in [5.41, 5.74) is 2.10. The summed E-state index contributed by atoms with van der Waals surface area (Å²) in [6.45, 7) is 7.15. The largest absolute Gasteiger partial charge is 0.487 e. The Bertz CT molecular complexity index is 1060. The molecule has 2 aromatic rings. The number of nitrogens with zero attached hydrogens (tertiary/aromatic N) is 1.